The van der Waals surface area contributed by atoms with Gasteiger partial charge in [-0.1, -0.05) is 13.8 Å². The highest BCUT2D eigenvalue weighted by Crippen LogP contribution is 2.18. The molecule has 1 heterocycles. The molecule has 1 rings (SSSR count). The van der Waals surface area contributed by atoms with Crippen LogP contribution in [0.15, 0.2) is 23.4 Å². The Hall–Kier alpha value is -1.14. The van der Waals surface area contributed by atoms with Crippen molar-refractivity contribution in [2.45, 2.75) is 18.9 Å². The van der Waals surface area contributed by atoms with Gasteiger partial charge in [0.05, 0.1) is 5.69 Å². The first kappa shape index (κ1) is 12.9. The molecule has 0 radical (unpaired) electrons. The Morgan fingerprint density at radius 1 is 1.50 bits per heavy atom. The van der Waals surface area contributed by atoms with Gasteiger partial charge in [0.2, 0.25) is 0 Å². The van der Waals surface area contributed by atoms with E-state index in [4.69, 9.17) is 5.73 Å². The van der Waals surface area contributed by atoms with Gasteiger partial charge in [-0.15, -0.1) is 0 Å². The maximum Gasteiger partial charge on any atom is 0.262 e. The van der Waals surface area contributed by atoms with Gasteiger partial charge in [0.1, 0.15) is 0 Å². The molecule has 5 nitrogen and oxygen atoms in total. The van der Waals surface area contributed by atoms with Crippen LogP contribution in [-0.4, -0.2) is 31.3 Å². The maximum atomic E-state index is 12.1. The van der Waals surface area contributed by atoms with E-state index in [-0.39, 0.29) is 16.6 Å². The van der Waals surface area contributed by atoms with Crippen molar-refractivity contribution in [3.63, 3.8) is 0 Å². The van der Waals surface area contributed by atoms with Gasteiger partial charge in [0.25, 0.3) is 10.0 Å². The van der Waals surface area contributed by atoms with Gasteiger partial charge in [-0.3, -0.25) is 0 Å². The SMILES string of the molecule is CC(C)CN(C)S(=O)(=O)c1ncccc1N. The number of sulfonamides is 1. The largest absolute Gasteiger partial charge is 0.396 e. The minimum atomic E-state index is -3.57. The Balaban J connectivity index is 3.08. The highest BCUT2D eigenvalue weighted by atomic mass is 32.2. The standard InChI is InChI=1S/C10H17N3O2S/c1-8(2)7-13(3)16(14,15)10-9(11)5-4-6-12-10/h4-6,8H,7,11H2,1-3H3. The molecule has 2 N–H and O–H groups in total. The van der Waals surface area contributed by atoms with Crippen molar-refractivity contribution in [3.05, 3.63) is 18.3 Å². The zero-order valence-electron chi connectivity index (χ0n) is 9.71. The number of rotatable bonds is 4. The molecular formula is C10H17N3O2S. The summed E-state index contributed by atoms with van der Waals surface area (Å²) in [5.74, 6) is 0.254. The van der Waals surface area contributed by atoms with Crippen LogP contribution in [0.1, 0.15) is 13.8 Å². The van der Waals surface area contributed by atoms with Crippen molar-refractivity contribution in [1.82, 2.24) is 9.29 Å². The second-order valence-corrected chi connectivity index (χ2v) is 6.04. The molecule has 0 aliphatic carbocycles. The summed E-state index contributed by atoms with van der Waals surface area (Å²) in [6, 6.07) is 3.14. The lowest BCUT2D eigenvalue weighted by Crippen LogP contribution is -2.31. The molecule has 0 saturated heterocycles. The molecule has 0 saturated carbocycles. The predicted molar refractivity (Wildman–Crippen MR) is 63.3 cm³/mol. The van der Waals surface area contributed by atoms with E-state index in [1.165, 1.54) is 23.6 Å². The number of hydrogen-bond acceptors (Lipinski definition) is 4. The molecule has 0 aliphatic rings. The Bertz CT molecular complexity index is 457. The van der Waals surface area contributed by atoms with E-state index in [1.807, 2.05) is 13.8 Å². The van der Waals surface area contributed by atoms with E-state index in [2.05, 4.69) is 4.98 Å². The summed E-state index contributed by atoms with van der Waals surface area (Å²) in [5, 5.41) is -0.0712. The van der Waals surface area contributed by atoms with E-state index >= 15 is 0 Å². The average molecular weight is 243 g/mol. The zero-order valence-corrected chi connectivity index (χ0v) is 10.5. The van der Waals surface area contributed by atoms with Crippen molar-refractivity contribution < 1.29 is 8.42 Å². The smallest absolute Gasteiger partial charge is 0.262 e. The molecule has 0 spiro atoms. The number of aromatic nitrogens is 1. The first-order chi connectivity index (χ1) is 7.35. The van der Waals surface area contributed by atoms with E-state index in [9.17, 15) is 8.42 Å². The second-order valence-electron chi connectivity index (χ2n) is 4.08. The molecule has 1 aromatic heterocycles. The fraction of sp³-hybridized carbons (Fsp3) is 0.500. The van der Waals surface area contributed by atoms with E-state index in [0.717, 1.165) is 0 Å². The molecule has 0 aromatic carbocycles. The highest BCUT2D eigenvalue weighted by Gasteiger charge is 2.24. The Kier molecular flexibility index (Phi) is 3.88. The van der Waals surface area contributed by atoms with Crippen LogP contribution in [0.4, 0.5) is 5.69 Å². The molecule has 0 aliphatic heterocycles. The van der Waals surface area contributed by atoms with Gasteiger partial charge < -0.3 is 5.73 Å². The molecule has 1 aromatic rings. The summed E-state index contributed by atoms with van der Waals surface area (Å²) in [6.07, 6.45) is 1.42. The minimum Gasteiger partial charge on any atom is -0.396 e. The van der Waals surface area contributed by atoms with Crippen LogP contribution in [0, 0.1) is 5.92 Å². The summed E-state index contributed by atoms with van der Waals surface area (Å²) in [6.45, 7) is 4.35. The van der Waals surface area contributed by atoms with Crippen LogP contribution >= 0.6 is 0 Å². The third-order valence-electron chi connectivity index (χ3n) is 2.08. The molecular weight excluding hydrogens is 226 g/mol. The van der Waals surface area contributed by atoms with Gasteiger partial charge in [0, 0.05) is 19.8 Å². The minimum absolute atomic E-state index is 0.0712. The molecule has 0 fully saturated rings. The quantitative estimate of drug-likeness (QED) is 0.854. The van der Waals surface area contributed by atoms with Crippen LogP contribution in [0.2, 0.25) is 0 Å². The molecule has 0 atom stereocenters. The van der Waals surface area contributed by atoms with Gasteiger partial charge in [-0.25, -0.2) is 13.4 Å². The number of nitrogens with zero attached hydrogens (tertiary/aromatic N) is 2. The average Bonchev–Trinajstić information content (AvgIpc) is 2.16. The van der Waals surface area contributed by atoms with Crippen LogP contribution < -0.4 is 5.73 Å². The van der Waals surface area contributed by atoms with E-state index < -0.39 is 10.0 Å². The van der Waals surface area contributed by atoms with Gasteiger partial charge >= 0.3 is 0 Å². The number of pyridine rings is 1. The van der Waals surface area contributed by atoms with E-state index in [1.54, 1.807) is 6.07 Å². The molecule has 16 heavy (non-hydrogen) atoms. The lowest BCUT2D eigenvalue weighted by molar-refractivity contribution is 0.416. The third kappa shape index (κ3) is 2.70. The van der Waals surface area contributed by atoms with Crippen LogP contribution in [0.3, 0.4) is 0 Å². The van der Waals surface area contributed by atoms with Crippen molar-refractivity contribution in [2.24, 2.45) is 5.92 Å². The lowest BCUT2D eigenvalue weighted by Gasteiger charge is -2.19. The number of nitrogen functional groups attached to an aromatic ring is 1. The summed E-state index contributed by atoms with van der Waals surface area (Å²) >= 11 is 0. The summed E-state index contributed by atoms with van der Waals surface area (Å²) in [7, 11) is -2.04. The van der Waals surface area contributed by atoms with Crippen molar-refractivity contribution in [3.8, 4) is 0 Å². The van der Waals surface area contributed by atoms with Crippen molar-refractivity contribution >= 4 is 15.7 Å². The lowest BCUT2D eigenvalue weighted by atomic mass is 10.2. The Labute approximate surface area is 96.3 Å². The topological polar surface area (TPSA) is 76.3 Å². The monoisotopic (exact) mass is 243 g/mol. The second kappa shape index (κ2) is 4.80. The first-order valence-corrected chi connectivity index (χ1v) is 6.46. The van der Waals surface area contributed by atoms with Gasteiger partial charge in [-0.2, -0.15) is 4.31 Å². The fourth-order valence-electron chi connectivity index (χ4n) is 1.38. The van der Waals surface area contributed by atoms with Crippen molar-refractivity contribution in [1.29, 1.82) is 0 Å². The molecule has 0 unspecified atom stereocenters. The fourth-order valence-corrected chi connectivity index (χ4v) is 2.73. The summed E-state index contributed by atoms with van der Waals surface area (Å²) < 4.78 is 25.4. The Morgan fingerprint density at radius 3 is 2.62 bits per heavy atom. The Morgan fingerprint density at radius 2 is 2.12 bits per heavy atom. The highest BCUT2D eigenvalue weighted by molar-refractivity contribution is 7.89. The maximum absolute atomic E-state index is 12.1. The van der Waals surface area contributed by atoms with Gasteiger partial charge in [0.15, 0.2) is 5.03 Å². The molecule has 0 bridgehead atoms. The molecule has 0 amide bonds. The molecule has 90 valence electrons. The van der Waals surface area contributed by atoms with Crippen molar-refractivity contribution in [2.75, 3.05) is 19.3 Å². The van der Waals surface area contributed by atoms with Crippen LogP contribution in [0.5, 0.6) is 0 Å². The molecule has 6 heteroatoms. The zero-order chi connectivity index (χ0) is 12.3. The van der Waals surface area contributed by atoms with Crippen LogP contribution in [-0.2, 0) is 10.0 Å². The van der Waals surface area contributed by atoms with E-state index in [0.29, 0.717) is 6.54 Å². The number of nitrogens with two attached hydrogens (primary N) is 1. The third-order valence-corrected chi connectivity index (χ3v) is 3.88. The predicted octanol–water partition coefficient (Wildman–Crippen LogP) is 0.940. The first-order valence-electron chi connectivity index (χ1n) is 5.02. The van der Waals surface area contributed by atoms with Crippen LogP contribution in [0.25, 0.3) is 0 Å². The normalized spacial score (nSPS) is 12.3. The number of anilines is 1. The van der Waals surface area contributed by atoms with Gasteiger partial charge in [-0.05, 0) is 18.1 Å². The number of hydrogen-bond donors (Lipinski definition) is 1. The summed E-state index contributed by atoms with van der Waals surface area (Å²) in [4.78, 5) is 3.82. The summed E-state index contributed by atoms with van der Waals surface area (Å²) in [5.41, 5.74) is 5.79.